The molecule has 1 saturated heterocycles. The SMILES string of the molecule is CC(=O)NC1CCC(COc2ccc(-c3ccnn3C3CO3)nc2)CC1. The molecule has 7 nitrogen and oxygen atoms in total. The summed E-state index contributed by atoms with van der Waals surface area (Å²) in [5.41, 5.74) is 1.82. The number of carbonyl (C=O) groups excluding carboxylic acids is 1. The average Bonchev–Trinajstić information content (AvgIpc) is 3.38. The predicted octanol–water partition coefficient (Wildman–Crippen LogP) is 2.55. The highest BCUT2D eigenvalue weighted by atomic mass is 16.6. The molecule has 1 aliphatic heterocycles. The summed E-state index contributed by atoms with van der Waals surface area (Å²) in [6.45, 7) is 2.98. The van der Waals surface area contributed by atoms with Crippen LogP contribution in [-0.4, -0.2) is 39.9 Å². The second kappa shape index (κ2) is 7.45. The van der Waals surface area contributed by atoms with Crippen LogP contribution in [0.5, 0.6) is 5.75 Å². The molecular weight excluding hydrogens is 332 g/mol. The topological polar surface area (TPSA) is 81.6 Å². The van der Waals surface area contributed by atoms with Crippen LogP contribution in [0.1, 0.15) is 38.8 Å². The van der Waals surface area contributed by atoms with E-state index in [2.05, 4.69) is 15.4 Å². The highest BCUT2D eigenvalue weighted by Crippen LogP contribution is 2.29. The molecular formula is C19H24N4O3. The van der Waals surface area contributed by atoms with Crippen LogP contribution in [0.3, 0.4) is 0 Å². The average molecular weight is 356 g/mol. The fourth-order valence-electron chi connectivity index (χ4n) is 3.52. The molecule has 3 heterocycles. The summed E-state index contributed by atoms with van der Waals surface area (Å²) < 4.78 is 13.1. The van der Waals surface area contributed by atoms with Crippen molar-refractivity contribution in [1.29, 1.82) is 0 Å². The zero-order valence-electron chi connectivity index (χ0n) is 14.9. The van der Waals surface area contributed by atoms with Crippen molar-refractivity contribution in [2.24, 2.45) is 5.92 Å². The Balaban J connectivity index is 1.28. The molecule has 2 aromatic rings. The Morgan fingerprint density at radius 2 is 2.12 bits per heavy atom. The van der Waals surface area contributed by atoms with Crippen LogP contribution < -0.4 is 10.1 Å². The van der Waals surface area contributed by atoms with Crippen LogP contribution in [0.15, 0.2) is 30.6 Å². The first-order valence-corrected chi connectivity index (χ1v) is 9.20. The van der Waals surface area contributed by atoms with Crippen LogP contribution in [0.4, 0.5) is 0 Å². The Kier molecular flexibility index (Phi) is 4.88. The molecule has 2 aromatic heterocycles. The molecule has 0 spiro atoms. The van der Waals surface area contributed by atoms with E-state index in [0.29, 0.717) is 25.2 Å². The highest BCUT2D eigenvalue weighted by Gasteiger charge is 2.28. The largest absolute Gasteiger partial charge is 0.492 e. The maximum absolute atomic E-state index is 11.1. The highest BCUT2D eigenvalue weighted by molar-refractivity contribution is 5.73. The number of carbonyl (C=O) groups is 1. The molecule has 0 aromatic carbocycles. The number of hydrogen-bond acceptors (Lipinski definition) is 5. The molecule has 0 radical (unpaired) electrons. The maximum Gasteiger partial charge on any atom is 0.217 e. The lowest BCUT2D eigenvalue weighted by Gasteiger charge is -2.28. The lowest BCUT2D eigenvalue weighted by Crippen LogP contribution is -2.37. The van der Waals surface area contributed by atoms with Gasteiger partial charge in [0.25, 0.3) is 0 Å². The molecule has 2 fully saturated rings. The van der Waals surface area contributed by atoms with E-state index in [-0.39, 0.29) is 12.1 Å². The van der Waals surface area contributed by atoms with Gasteiger partial charge in [0.15, 0.2) is 6.23 Å². The number of epoxide rings is 1. The van der Waals surface area contributed by atoms with Gasteiger partial charge in [-0.05, 0) is 49.8 Å². The molecule has 1 atom stereocenters. The number of aromatic nitrogens is 3. The number of nitrogens with zero attached hydrogens (tertiary/aromatic N) is 3. The van der Waals surface area contributed by atoms with E-state index in [0.717, 1.165) is 42.8 Å². The van der Waals surface area contributed by atoms with Crippen molar-refractivity contribution in [2.75, 3.05) is 13.2 Å². The van der Waals surface area contributed by atoms with Crippen molar-refractivity contribution >= 4 is 5.91 Å². The molecule has 1 saturated carbocycles. The van der Waals surface area contributed by atoms with Crippen LogP contribution in [0, 0.1) is 5.92 Å². The first-order valence-electron chi connectivity index (χ1n) is 9.20. The maximum atomic E-state index is 11.1. The van der Waals surface area contributed by atoms with Gasteiger partial charge >= 0.3 is 0 Å². The molecule has 1 unspecified atom stereocenters. The lowest BCUT2D eigenvalue weighted by molar-refractivity contribution is -0.119. The normalized spacial score (nSPS) is 24.9. The summed E-state index contributed by atoms with van der Waals surface area (Å²) in [5, 5.41) is 7.30. The third-order valence-electron chi connectivity index (χ3n) is 5.00. The Labute approximate surface area is 152 Å². The first-order chi connectivity index (χ1) is 12.7. The first kappa shape index (κ1) is 17.0. The van der Waals surface area contributed by atoms with Gasteiger partial charge in [0, 0.05) is 19.2 Å². The van der Waals surface area contributed by atoms with E-state index < -0.39 is 0 Å². The number of nitrogens with one attached hydrogen (secondary N) is 1. The minimum absolute atomic E-state index is 0.0466. The minimum atomic E-state index is 0.0466. The summed E-state index contributed by atoms with van der Waals surface area (Å²) in [7, 11) is 0. The van der Waals surface area contributed by atoms with Gasteiger partial charge in [0.2, 0.25) is 5.91 Å². The van der Waals surface area contributed by atoms with Gasteiger partial charge in [-0.1, -0.05) is 0 Å². The summed E-state index contributed by atoms with van der Waals surface area (Å²) in [5.74, 6) is 1.38. The molecule has 1 aliphatic carbocycles. The second-order valence-electron chi connectivity index (χ2n) is 7.06. The number of amides is 1. The number of pyridine rings is 1. The van der Waals surface area contributed by atoms with Gasteiger partial charge in [0.05, 0.1) is 30.8 Å². The van der Waals surface area contributed by atoms with Crippen molar-refractivity contribution in [3.63, 3.8) is 0 Å². The molecule has 138 valence electrons. The van der Waals surface area contributed by atoms with Crippen LogP contribution in [0.25, 0.3) is 11.4 Å². The molecule has 26 heavy (non-hydrogen) atoms. The van der Waals surface area contributed by atoms with E-state index in [1.807, 2.05) is 22.9 Å². The monoisotopic (exact) mass is 356 g/mol. The van der Waals surface area contributed by atoms with Crippen molar-refractivity contribution in [3.8, 4) is 17.1 Å². The smallest absolute Gasteiger partial charge is 0.217 e. The summed E-state index contributed by atoms with van der Waals surface area (Å²) in [6.07, 6.45) is 7.79. The number of ether oxygens (including phenoxy) is 2. The molecule has 7 heteroatoms. The molecule has 1 amide bonds. The number of hydrogen-bond donors (Lipinski definition) is 1. The standard InChI is InChI=1S/C19H24N4O3/c1-13(24)22-15-4-2-14(3-5-15)11-25-16-6-7-17(20-10-16)18-8-9-21-23(18)19-12-26-19/h6-10,14-15,19H,2-5,11-12H2,1H3,(H,22,24). The van der Waals surface area contributed by atoms with Gasteiger partial charge in [-0.25, -0.2) is 4.68 Å². The Morgan fingerprint density at radius 1 is 1.31 bits per heavy atom. The minimum Gasteiger partial charge on any atom is -0.492 e. The van der Waals surface area contributed by atoms with Gasteiger partial charge in [-0.2, -0.15) is 5.10 Å². The second-order valence-corrected chi connectivity index (χ2v) is 7.06. The van der Waals surface area contributed by atoms with Gasteiger partial charge < -0.3 is 14.8 Å². The summed E-state index contributed by atoms with van der Waals surface area (Å²) in [4.78, 5) is 15.6. The third-order valence-corrected chi connectivity index (χ3v) is 5.00. The quantitative estimate of drug-likeness (QED) is 0.805. The Bertz CT molecular complexity index is 746. The van der Waals surface area contributed by atoms with E-state index >= 15 is 0 Å². The molecule has 0 bridgehead atoms. The lowest BCUT2D eigenvalue weighted by atomic mass is 9.86. The van der Waals surface area contributed by atoms with Crippen molar-refractivity contribution in [3.05, 3.63) is 30.6 Å². The van der Waals surface area contributed by atoms with E-state index in [4.69, 9.17) is 9.47 Å². The fourth-order valence-corrected chi connectivity index (χ4v) is 3.52. The van der Waals surface area contributed by atoms with Gasteiger partial charge in [0.1, 0.15) is 5.75 Å². The van der Waals surface area contributed by atoms with Gasteiger partial charge in [-0.15, -0.1) is 0 Å². The van der Waals surface area contributed by atoms with Crippen molar-refractivity contribution < 1.29 is 14.3 Å². The Morgan fingerprint density at radius 3 is 2.77 bits per heavy atom. The van der Waals surface area contributed by atoms with E-state index in [1.165, 1.54) is 0 Å². The molecule has 1 N–H and O–H groups in total. The van der Waals surface area contributed by atoms with Crippen LogP contribution >= 0.6 is 0 Å². The fraction of sp³-hybridized carbons (Fsp3) is 0.526. The zero-order chi connectivity index (χ0) is 17.9. The van der Waals surface area contributed by atoms with Crippen molar-refractivity contribution in [1.82, 2.24) is 20.1 Å². The predicted molar refractivity (Wildman–Crippen MR) is 95.5 cm³/mol. The van der Waals surface area contributed by atoms with Crippen molar-refractivity contribution in [2.45, 2.75) is 44.9 Å². The van der Waals surface area contributed by atoms with Gasteiger partial charge in [-0.3, -0.25) is 9.78 Å². The van der Waals surface area contributed by atoms with E-state index in [1.54, 1.807) is 19.3 Å². The van der Waals surface area contributed by atoms with Crippen LogP contribution in [-0.2, 0) is 9.53 Å². The summed E-state index contributed by atoms with van der Waals surface area (Å²) >= 11 is 0. The zero-order valence-corrected chi connectivity index (χ0v) is 14.9. The third kappa shape index (κ3) is 4.04. The summed E-state index contributed by atoms with van der Waals surface area (Å²) in [6, 6.07) is 6.18. The number of rotatable bonds is 6. The molecule has 4 rings (SSSR count). The Hall–Kier alpha value is -2.41. The van der Waals surface area contributed by atoms with Crippen LogP contribution in [0.2, 0.25) is 0 Å². The van der Waals surface area contributed by atoms with E-state index in [9.17, 15) is 4.79 Å². The molecule has 2 aliphatic rings.